The highest BCUT2D eigenvalue weighted by Gasteiger charge is 2.10. The summed E-state index contributed by atoms with van der Waals surface area (Å²) in [6, 6.07) is 0. The van der Waals surface area contributed by atoms with Crippen molar-refractivity contribution in [2.75, 3.05) is 52.4 Å². The summed E-state index contributed by atoms with van der Waals surface area (Å²) in [5.41, 5.74) is 7.27. The number of rotatable bonds is 9. The zero-order valence-electron chi connectivity index (χ0n) is 18.5. The van der Waals surface area contributed by atoms with E-state index in [1.54, 1.807) is 0 Å². The standard InChI is InChI=1S/C20H38N8S2/c1-17(23-25-19(29)21-9-15-27-11-5-3-6-12-27)18(2)24-26-20(30)22-10-16-28-13-7-4-8-14-28/h3-16H2,1-2H3,(H2,21,25,29)(H2,22,26,30)/b23-17-,24-18-. The summed E-state index contributed by atoms with van der Waals surface area (Å²) in [6.45, 7) is 12.2. The number of nitrogens with one attached hydrogen (secondary N) is 4. The minimum Gasteiger partial charge on any atom is -0.360 e. The molecule has 2 saturated heterocycles. The van der Waals surface area contributed by atoms with E-state index in [4.69, 9.17) is 24.4 Å². The first-order chi connectivity index (χ1) is 14.5. The van der Waals surface area contributed by atoms with Gasteiger partial charge < -0.3 is 20.4 Å². The molecule has 30 heavy (non-hydrogen) atoms. The Morgan fingerprint density at radius 3 is 1.40 bits per heavy atom. The van der Waals surface area contributed by atoms with E-state index in [0.717, 1.165) is 37.6 Å². The highest BCUT2D eigenvalue weighted by Crippen LogP contribution is 2.07. The lowest BCUT2D eigenvalue weighted by Crippen LogP contribution is -2.41. The van der Waals surface area contributed by atoms with Gasteiger partial charge in [0.25, 0.3) is 0 Å². The van der Waals surface area contributed by atoms with Crippen LogP contribution in [0.4, 0.5) is 0 Å². The lowest BCUT2D eigenvalue weighted by atomic mass is 10.1. The van der Waals surface area contributed by atoms with Crippen LogP contribution in [0, 0.1) is 0 Å². The number of nitrogens with zero attached hydrogens (tertiary/aromatic N) is 4. The molecule has 0 aliphatic carbocycles. The smallest absolute Gasteiger partial charge is 0.187 e. The van der Waals surface area contributed by atoms with Crippen molar-refractivity contribution < 1.29 is 0 Å². The van der Waals surface area contributed by atoms with Crippen molar-refractivity contribution in [1.29, 1.82) is 0 Å². The third-order valence-corrected chi connectivity index (χ3v) is 5.97. The molecule has 0 aromatic rings. The van der Waals surface area contributed by atoms with E-state index in [1.165, 1.54) is 64.7 Å². The number of thiocarbonyl (C=S) groups is 2. The van der Waals surface area contributed by atoms with Gasteiger partial charge in [-0.15, -0.1) is 0 Å². The molecule has 0 aromatic heterocycles. The first kappa shape index (κ1) is 24.9. The van der Waals surface area contributed by atoms with E-state index < -0.39 is 0 Å². The van der Waals surface area contributed by atoms with Gasteiger partial charge in [0, 0.05) is 26.2 Å². The minimum atomic E-state index is 0.530. The van der Waals surface area contributed by atoms with Crippen LogP contribution >= 0.6 is 24.4 Å². The predicted octanol–water partition coefficient (Wildman–Crippen LogP) is 1.64. The fourth-order valence-electron chi connectivity index (χ4n) is 3.53. The summed E-state index contributed by atoms with van der Waals surface area (Å²) in [7, 11) is 0. The maximum Gasteiger partial charge on any atom is 0.187 e. The Hall–Kier alpha value is -1.36. The zero-order chi connectivity index (χ0) is 21.6. The topological polar surface area (TPSA) is 79.3 Å². The second kappa shape index (κ2) is 14.6. The molecule has 0 unspecified atom stereocenters. The molecule has 10 heteroatoms. The molecule has 0 atom stereocenters. The molecule has 0 radical (unpaired) electrons. The van der Waals surface area contributed by atoms with Crippen LogP contribution in [0.5, 0.6) is 0 Å². The molecule has 2 aliphatic heterocycles. The van der Waals surface area contributed by atoms with Crippen LogP contribution in [0.3, 0.4) is 0 Å². The minimum absolute atomic E-state index is 0.530. The zero-order valence-corrected chi connectivity index (χ0v) is 20.1. The Labute approximate surface area is 192 Å². The number of piperidine rings is 2. The molecule has 2 fully saturated rings. The van der Waals surface area contributed by atoms with Gasteiger partial charge in [-0.3, -0.25) is 10.9 Å². The maximum atomic E-state index is 5.30. The Morgan fingerprint density at radius 1 is 0.667 bits per heavy atom. The molecule has 2 rings (SSSR count). The van der Waals surface area contributed by atoms with E-state index in [-0.39, 0.29) is 0 Å². The Kier molecular flexibility index (Phi) is 12.1. The summed E-state index contributed by atoms with van der Waals surface area (Å²) in [5.74, 6) is 0. The summed E-state index contributed by atoms with van der Waals surface area (Å²) >= 11 is 10.6. The van der Waals surface area contributed by atoms with Crippen LogP contribution in [0.2, 0.25) is 0 Å². The quantitative estimate of drug-likeness (QED) is 0.238. The normalized spacial score (nSPS) is 19.3. The van der Waals surface area contributed by atoms with Crippen molar-refractivity contribution in [3.05, 3.63) is 0 Å². The first-order valence-electron chi connectivity index (χ1n) is 11.2. The Balaban J connectivity index is 1.58. The van der Waals surface area contributed by atoms with Crippen LogP contribution in [0.15, 0.2) is 10.2 Å². The van der Waals surface area contributed by atoms with Gasteiger partial charge >= 0.3 is 0 Å². The highest BCUT2D eigenvalue weighted by atomic mass is 32.1. The lowest BCUT2D eigenvalue weighted by molar-refractivity contribution is 0.232. The molecule has 170 valence electrons. The van der Waals surface area contributed by atoms with Gasteiger partial charge in [0.1, 0.15) is 0 Å². The SMILES string of the molecule is CC(=N/NC(=S)NCCN1CCCCC1)/C(C)=N\NC(=S)NCCN1CCCCC1. The second-order valence-corrected chi connectivity index (χ2v) is 8.75. The summed E-state index contributed by atoms with van der Waals surface area (Å²) in [6.07, 6.45) is 7.92. The number of likely N-dealkylation sites (tertiary alicyclic amines) is 2. The fraction of sp³-hybridized carbons (Fsp3) is 0.800. The molecule has 0 bridgehead atoms. The summed E-state index contributed by atoms with van der Waals surface area (Å²) in [4.78, 5) is 4.94. The van der Waals surface area contributed by atoms with Crippen LogP contribution < -0.4 is 21.5 Å². The monoisotopic (exact) mass is 454 g/mol. The molecule has 8 nitrogen and oxygen atoms in total. The van der Waals surface area contributed by atoms with Crippen molar-refractivity contribution in [2.24, 2.45) is 10.2 Å². The van der Waals surface area contributed by atoms with Crippen LogP contribution in [-0.4, -0.2) is 83.8 Å². The molecule has 0 saturated carbocycles. The average molecular weight is 455 g/mol. The maximum absolute atomic E-state index is 5.30. The number of hydrogen-bond acceptors (Lipinski definition) is 6. The fourth-order valence-corrected chi connectivity index (χ4v) is 3.83. The van der Waals surface area contributed by atoms with E-state index in [9.17, 15) is 0 Å². The van der Waals surface area contributed by atoms with Gasteiger partial charge in [-0.05, 0) is 90.1 Å². The summed E-state index contributed by atoms with van der Waals surface area (Å²) in [5, 5.41) is 16.1. The first-order valence-corrected chi connectivity index (χ1v) is 12.0. The largest absolute Gasteiger partial charge is 0.360 e. The Morgan fingerprint density at radius 2 is 1.03 bits per heavy atom. The van der Waals surface area contributed by atoms with E-state index in [0.29, 0.717) is 10.2 Å². The molecule has 0 aromatic carbocycles. The van der Waals surface area contributed by atoms with Crippen molar-refractivity contribution in [3.8, 4) is 0 Å². The van der Waals surface area contributed by atoms with Gasteiger partial charge in [-0.2, -0.15) is 10.2 Å². The van der Waals surface area contributed by atoms with E-state index in [2.05, 4.69) is 41.5 Å². The van der Waals surface area contributed by atoms with E-state index >= 15 is 0 Å². The van der Waals surface area contributed by atoms with Gasteiger partial charge in [-0.1, -0.05) is 12.8 Å². The van der Waals surface area contributed by atoms with Crippen LogP contribution in [-0.2, 0) is 0 Å². The van der Waals surface area contributed by atoms with Crippen LogP contribution in [0.1, 0.15) is 52.4 Å². The van der Waals surface area contributed by atoms with Crippen molar-refractivity contribution >= 4 is 46.1 Å². The number of hydrogen-bond donors (Lipinski definition) is 4. The molecule has 2 heterocycles. The Bertz CT molecular complexity index is 544. The second-order valence-electron chi connectivity index (χ2n) is 7.93. The van der Waals surface area contributed by atoms with Gasteiger partial charge in [0.15, 0.2) is 10.2 Å². The van der Waals surface area contributed by atoms with Crippen LogP contribution in [0.25, 0.3) is 0 Å². The predicted molar refractivity (Wildman–Crippen MR) is 134 cm³/mol. The lowest BCUT2D eigenvalue weighted by Gasteiger charge is -2.26. The van der Waals surface area contributed by atoms with Crippen molar-refractivity contribution in [2.45, 2.75) is 52.4 Å². The molecule has 0 amide bonds. The van der Waals surface area contributed by atoms with Gasteiger partial charge in [0.2, 0.25) is 0 Å². The highest BCUT2D eigenvalue weighted by molar-refractivity contribution is 7.80. The third-order valence-electron chi connectivity index (χ3n) is 5.50. The molecule has 2 aliphatic rings. The molecule has 0 spiro atoms. The van der Waals surface area contributed by atoms with Gasteiger partial charge in [-0.25, -0.2) is 0 Å². The molecular formula is C20H38N8S2. The van der Waals surface area contributed by atoms with E-state index in [1.807, 2.05) is 13.8 Å². The van der Waals surface area contributed by atoms with Crippen molar-refractivity contribution in [3.63, 3.8) is 0 Å². The van der Waals surface area contributed by atoms with Gasteiger partial charge in [0.05, 0.1) is 11.4 Å². The molecular weight excluding hydrogens is 416 g/mol. The molecule has 4 N–H and O–H groups in total. The van der Waals surface area contributed by atoms with Crippen molar-refractivity contribution in [1.82, 2.24) is 31.3 Å². The average Bonchev–Trinajstić information content (AvgIpc) is 2.77. The number of hydrazone groups is 2. The summed E-state index contributed by atoms with van der Waals surface area (Å²) < 4.78 is 0. The third kappa shape index (κ3) is 10.6.